The zero-order valence-electron chi connectivity index (χ0n) is 7.93. The van der Waals surface area contributed by atoms with E-state index in [0.717, 1.165) is 6.42 Å². The van der Waals surface area contributed by atoms with Gasteiger partial charge in [-0.2, -0.15) is 4.98 Å². The summed E-state index contributed by atoms with van der Waals surface area (Å²) in [5, 5.41) is 15.0. The van der Waals surface area contributed by atoms with Crippen LogP contribution in [0, 0.1) is 0 Å². The van der Waals surface area contributed by atoms with E-state index in [2.05, 4.69) is 15.5 Å². The molecule has 0 bridgehead atoms. The maximum absolute atomic E-state index is 10.7. The molecule has 0 aromatic carbocycles. The summed E-state index contributed by atoms with van der Waals surface area (Å²) in [6.45, 7) is 2.22. The molecule has 0 saturated heterocycles. The number of rotatable bonds is 6. The molecule has 1 aromatic heterocycles. The second-order valence-electron chi connectivity index (χ2n) is 2.90. The molecular formula is C8H13N3O3. The molecule has 2 N–H and O–H groups in total. The van der Waals surface area contributed by atoms with Crippen molar-refractivity contribution in [2.45, 2.75) is 32.4 Å². The normalized spacial score (nSPS) is 12.6. The van der Waals surface area contributed by atoms with E-state index in [9.17, 15) is 4.79 Å². The van der Waals surface area contributed by atoms with Crippen LogP contribution in [0.5, 0.6) is 0 Å². The molecule has 78 valence electrons. The lowest BCUT2D eigenvalue weighted by Gasteiger charge is -2.10. The first kappa shape index (κ1) is 10.6. The molecular weight excluding hydrogens is 186 g/mol. The lowest BCUT2D eigenvalue weighted by Crippen LogP contribution is -2.36. The SMILES string of the molecule is CCCC(NCc1ncno1)C(=O)O. The Bertz CT molecular complexity index is 273. The average molecular weight is 199 g/mol. The number of carboxylic acid groups (broad SMARTS) is 1. The van der Waals surface area contributed by atoms with Crippen LogP contribution in [0.1, 0.15) is 25.7 Å². The maximum Gasteiger partial charge on any atom is 0.320 e. The molecule has 1 aromatic rings. The summed E-state index contributed by atoms with van der Waals surface area (Å²) in [4.78, 5) is 14.5. The van der Waals surface area contributed by atoms with Gasteiger partial charge in [0.2, 0.25) is 5.89 Å². The Morgan fingerprint density at radius 2 is 2.57 bits per heavy atom. The molecule has 0 fully saturated rings. The Balaban J connectivity index is 2.37. The molecule has 0 radical (unpaired) electrons. The lowest BCUT2D eigenvalue weighted by molar-refractivity contribution is -0.139. The van der Waals surface area contributed by atoms with Crippen LogP contribution >= 0.6 is 0 Å². The fourth-order valence-electron chi connectivity index (χ4n) is 1.09. The van der Waals surface area contributed by atoms with Gasteiger partial charge in [-0.3, -0.25) is 10.1 Å². The summed E-state index contributed by atoms with van der Waals surface area (Å²) < 4.78 is 4.73. The van der Waals surface area contributed by atoms with E-state index in [-0.39, 0.29) is 6.54 Å². The number of carbonyl (C=O) groups is 1. The van der Waals surface area contributed by atoms with Crippen LogP contribution < -0.4 is 5.32 Å². The average Bonchev–Trinajstić information content (AvgIpc) is 2.64. The van der Waals surface area contributed by atoms with E-state index >= 15 is 0 Å². The minimum absolute atomic E-state index is 0.289. The molecule has 0 aliphatic heterocycles. The first-order valence-corrected chi connectivity index (χ1v) is 4.45. The molecule has 1 unspecified atom stereocenters. The molecule has 1 rings (SSSR count). The Hall–Kier alpha value is -1.43. The van der Waals surface area contributed by atoms with E-state index in [0.29, 0.717) is 12.3 Å². The van der Waals surface area contributed by atoms with Crippen molar-refractivity contribution in [1.29, 1.82) is 0 Å². The molecule has 0 aliphatic carbocycles. The third-order valence-corrected chi connectivity index (χ3v) is 1.78. The standard InChI is InChI=1S/C8H13N3O3/c1-2-3-6(8(12)13)9-4-7-10-5-11-14-7/h5-6,9H,2-4H2,1H3,(H,12,13). The smallest absolute Gasteiger partial charge is 0.320 e. The van der Waals surface area contributed by atoms with Gasteiger partial charge in [-0.25, -0.2) is 0 Å². The van der Waals surface area contributed by atoms with Crippen molar-refractivity contribution in [3.8, 4) is 0 Å². The second-order valence-corrected chi connectivity index (χ2v) is 2.90. The van der Waals surface area contributed by atoms with Gasteiger partial charge in [0.25, 0.3) is 0 Å². The van der Waals surface area contributed by atoms with Crippen molar-refractivity contribution >= 4 is 5.97 Å². The van der Waals surface area contributed by atoms with E-state index < -0.39 is 12.0 Å². The van der Waals surface area contributed by atoms with Gasteiger partial charge in [-0.15, -0.1) is 0 Å². The number of nitrogens with zero attached hydrogens (tertiary/aromatic N) is 2. The van der Waals surface area contributed by atoms with Gasteiger partial charge in [0.15, 0.2) is 6.33 Å². The molecule has 1 atom stereocenters. The maximum atomic E-state index is 10.7. The Morgan fingerprint density at radius 1 is 1.79 bits per heavy atom. The number of nitrogens with one attached hydrogen (secondary N) is 1. The minimum atomic E-state index is -0.855. The van der Waals surface area contributed by atoms with Crippen LogP contribution in [0.15, 0.2) is 10.9 Å². The third-order valence-electron chi connectivity index (χ3n) is 1.78. The van der Waals surface area contributed by atoms with Gasteiger partial charge in [-0.1, -0.05) is 18.5 Å². The summed E-state index contributed by atoms with van der Waals surface area (Å²) in [6, 6.07) is -0.549. The Labute approximate surface area is 81.3 Å². The van der Waals surface area contributed by atoms with Crippen LogP contribution in [0.3, 0.4) is 0 Å². The summed E-state index contributed by atoms with van der Waals surface area (Å²) in [5.41, 5.74) is 0. The monoisotopic (exact) mass is 199 g/mol. The molecule has 1 heterocycles. The summed E-state index contributed by atoms with van der Waals surface area (Å²) in [5.74, 6) is -0.460. The first-order chi connectivity index (χ1) is 6.74. The quantitative estimate of drug-likeness (QED) is 0.690. The van der Waals surface area contributed by atoms with Crippen molar-refractivity contribution in [1.82, 2.24) is 15.5 Å². The number of carboxylic acids is 1. The molecule has 6 nitrogen and oxygen atoms in total. The van der Waals surface area contributed by atoms with Crippen LogP contribution in [0.4, 0.5) is 0 Å². The predicted molar refractivity (Wildman–Crippen MR) is 47.5 cm³/mol. The predicted octanol–water partition coefficient (Wildman–Crippen LogP) is 0.412. The zero-order chi connectivity index (χ0) is 10.4. The van der Waals surface area contributed by atoms with Crippen molar-refractivity contribution < 1.29 is 14.4 Å². The van der Waals surface area contributed by atoms with E-state index in [4.69, 9.17) is 9.63 Å². The summed E-state index contributed by atoms with van der Waals surface area (Å²) in [6.07, 6.45) is 2.68. The zero-order valence-corrected chi connectivity index (χ0v) is 7.93. The molecule has 6 heteroatoms. The number of hydrogen-bond donors (Lipinski definition) is 2. The molecule has 0 amide bonds. The van der Waals surface area contributed by atoms with Crippen molar-refractivity contribution in [2.75, 3.05) is 0 Å². The topological polar surface area (TPSA) is 88.3 Å². The van der Waals surface area contributed by atoms with E-state index in [1.54, 1.807) is 0 Å². The molecule has 14 heavy (non-hydrogen) atoms. The van der Waals surface area contributed by atoms with Gasteiger partial charge in [0, 0.05) is 0 Å². The highest BCUT2D eigenvalue weighted by molar-refractivity contribution is 5.73. The molecule has 0 aliphatic rings. The van der Waals surface area contributed by atoms with Crippen molar-refractivity contribution in [3.63, 3.8) is 0 Å². The first-order valence-electron chi connectivity index (χ1n) is 4.45. The van der Waals surface area contributed by atoms with Crippen LogP contribution in [-0.2, 0) is 11.3 Å². The van der Waals surface area contributed by atoms with E-state index in [1.165, 1.54) is 6.33 Å². The second kappa shape index (κ2) is 5.33. The fourth-order valence-corrected chi connectivity index (χ4v) is 1.09. The Kier molecular flexibility index (Phi) is 4.06. The van der Waals surface area contributed by atoms with Gasteiger partial charge in [-0.05, 0) is 6.42 Å². The molecule has 0 spiro atoms. The summed E-state index contributed by atoms with van der Waals surface area (Å²) >= 11 is 0. The number of hydrogen-bond acceptors (Lipinski definition) is 5. The summed E-state index contributed by atoms with van der Waals surface area (Å²) in [7, 11) is 0. The van der Waals surface area contributed by atoms with Gasteiger partial charge in [0.05, 0.1) is 6.54 Å². The van der Waals surface area contributed by atoms with Crippen molar-refractivity contribution in [3.05, 3.63) is 12.2 Å². The highest BCUT2D eigenvalue weighted by Gasteiger charge is 2.15. The highest BCUT2D eigenvalue weighted by Crippen LogP contribution is 1.99. The van der Waals surface area contributed by atoms with Crippen LogP contribution in [0.2, 0.25) is 0 Å². The number of aliphatic carboxylic acids is 1. The van der Waals surface area contributed by atoms with Gasteiger partial charge < -0.3 is 9.63 Å². The van der Waals surface area contributed by atoms with Crippen LogP contribution in [-0.4, -0.2) is 27.3 Å². The minimum Gasteiger partial charge on any atom is -0.480 e. The van der Waals surface area contributed by atoms with E-state index in [1.807, 2.05) is 6.92 Å². The third kappa shape index (κ3) is 3.14. The van der Waals surface area contributed by atoms with Crippen LogP contribution in [0.25, 0.3) is 0 Å². The Morgan fingerprint density at radius 3 is 3.07 bits per heavy atom. The van der Waals surface area contributed by atoms with Crippen molar-refractivity contribution in [2.24, 2.45) is 0 Å². The van der Waals surface area contributed by atoms with Gasteiger partial charge in [0.1, 0.15) is 6.04 Å². The van der Waals surface area contributed by atoms with Gasteiger partial charge >= 0.3 is 5.97 Å². The number of aromatic nitrogens is 2. The molecule has 0 saturated carbocycles. The highest BCUT2D eigenvalue weighted by atomic mass is 16.5. The fraction of sp³-hybridized carbons (Fsp3) is 0.625. The largest absolute Gasteiger partial charge is 0.480 e. The lowest BCUT2D eigenvalue weighted by atomic mass is 10.2.